The largest absolute Gasteiger partial charge is 0.465 e. The lowest BCUT2D eigenvalue weighted by atomic mass is 10.0. The summed E-state index contributed by atoms with van der Waals surface area (Å²) < 4.78 is 4.79. The van der Waals surface area contributed by atoms with E-state index in [9.17, 15) is 9.59 Å². The van der Waals surface area contributed by atoms with E-state index >= 15 is 0 Å². The molecule has 3 rings (SSSR count). The molecule has 0 aliphatic rings. The summed E-state index contributed by atoms with van der Waals surface area (Å²) in [4.78, 5) is 25.0. The third-order valence-electron chi connectivity index (χ3n) is 4.02. The van der Waals surface area contributed by atoms with E-state index in [1.54, 1.807) is 24.3 Å². The van der Waals surface area contributed by atoms with Gasteiger partial charge in [0.1, 0.15) is 0 Å². The number of esters is 1. The summed E-state index contributed by atoms with van der Waals surface area (Å²) in [5, 5.41) is 2.84. The van der Waals surface area contributed by atoms with Gasteiger partial charge < -0.3 is 10.1 Å². The lowest BCUT2D eigenvalue weighted by Crippen LogP contribution is -2.16. The van der Waals surface area contributed by atoms with Crippen LogP contribution in [-0.4, -0.2) is 19.0 Å². The van der Waals surface area contributed by atoms with Crippen LogP contribution in [0, 0.1) is 0 Å². The van der Waals surface area contributed by atoms with Crippen molar-refractivity contribution in [1.29, 1.82) is 0 Å². The third-order valence-corrected chi connectivity index (χ3v) is 4.02. The lowest BCUT2D eigenvalue weighted by molar-refractivity contribution is -0.111. The molecule has 0 atom stereocenters. The summed E-state index contributed by atoms with van der Waals surface area (Å²) in [7, 11) is 1.31. The highest BCUT2D eigenvalue weighted by Crippen LogP contribution is 2.22. The highest BCUT2D eigenvalue weighted by Gasteiger charge is 2.17. The molecule has 0 fully saturated rings. The first-order valence-corrected chi connectivity index (χ1v) is 8.50. The summed E-state index contributed by atoms with van der Waals surface area (Å²) in [6, 6.07) is 25.8. The summed E-state index contributed by atoms with van der Waals surface area (Å²) in [6.45, 7) is 0. The summed E-state index contributed by atoms with van der Waals surface area (Å²) in [6.07, 6.45) is 1.82. The maximum Gasteiger partial charge on any atom is 0.339 e. The molecule has 0 aliphatic heterocycles. The third kappa shape index (κ3) is 4.50. The number of carbonyl (C=O) groups is 2. The molecular weight excluding hydrogens is 338 g/mol. The van der Waals surface area contributed by atoms with E-state index in [1.807, 2.05) is 66.7 Å². The predicted molar refractivity (Wildman–Crippen MR) is 107 cm³/mol. The number of para-hydroxylation sites is 1. The lowest BCUT2D eigenvalue weighted by Gasteiger charge is -2.12. The molecule has 0 radical (unpaired) electrons. The minimum Gasteiger partial charge on any atom is -0.465 e. The molecule has 1 amide bonds. The number of amides is 1. The molecule has 0 aromatic heterocycles. The fourth-order valence-electron chi connectivity index (χ4n) is 2.68. The van der Waals surface area contributed by atoms with Crippen molar-refractivity contribution in [3.05, 3.63) is 102 Å². The van der Waals surface area contributed by atoms with Crippen LogP contribution in [0.2, 0.25) is 0 Å². The highest BCUT2D eigenvalue weighted by atomic mass is 16.5. The average molecular weight is 357 g/mol. The topological polar surface area (TPSA) is 55.4 Å². The van der Waals surface area contributed by atoms with Gasteiger partial charge >= 0.3 is 5.97 Å². The van der Waals surface area contributed by atoms with Crippen LogP contribution in [0.1, 0.15) is 21.5 Å². The van der Waals surface area contributed by atoms with Crippen LogP contribution in [0.5, 0.6) is 0 Å². The van der Waals surface area contributed by atoms with Crippen LogP contribution in [0.3, 0.4) is 0 Å². The van der Waals surface area contributed by atoms with Gasteiger partial charge in [-0.2, -0.15) is 0 Å². The number of carbonyl (C=O) groups excluding carboxylic acids is 2. The van der Waals surface area contributed by atoms with Crippen molar-refractivity contribution in [3.63, 3.8) is 0 Å². The van der Waals surface area contributed by atoms with Crippen LogP contribution in [0.15, 0.2) is 84.9 Å². The smallest absolute Gasteiger partial charge is 0.339 e. The van der Waals surface area contributed by atoms with Crippen LogP contribution >= 0.6 is 0 Å². The molecule has 0 saturated carbocycles. The number of rotatable bonds is 5. The van der Waals surface area contributed by atoms with Gasteiger partial charge in [-0.05, 0) is 29.3 Å². The van der Waals surface area contributed by atoms with Gasteiger partial charge in [-0.15, -0.1) is 0 Å². The van der Waals surface area contributed by atoms with Crippen LogP contribution in [0.25, 0.3) is 11.6 Å². The molecule has 0 saturated heterocycles. The van der Waals surface area contributed by atoms with E-state index in [-0.39, 0.29) is 5.91 Å². The second-order valence-electron chi connectivity index (χ2n) is 5.83. The van der Waals surface area contributed by atoms with E-state index < -0.39 is 5.97 Å². The maximum atomic E-state index is 13.0. The Kier molecular flexibility index (Phi) is 5.80. The fraction of sp³-hybridized carbons (Fsp3) is 0.0435. The van der Waals surface area contributed by atoms with Crippen molar-refractivity contribution in [2.75, 3.05) is 12.4 Å². The quantitative estimate of drug-likeness (QED) is 0.411. The molecule has 1 N–H and O–H groups in total. The first kappa shape index (κ1) is 18.1. The van der Waals surface area contributed by atoms with Crippen molar-refractivity contribution >= 4 is 29.2 Å². The average Bonchev–Trinajstić information content (AvgIpc) is 2.73. The summed E-state index contributed by atoms with van der Waals surface area (Å²) >= 11 is 0. The van der Waals surface area contributed by atoms with Gasteiger partial charge in [-0.3, -0.25) is 4.79 Å². The molecule has 0 bridgehead atoms. The zero-order valence-electron chi connectivity index (χ0n) is 14.9. The van der Waals surface area contributed by atoms with E-state index in [2.05, 4.69) is 5.32 Å². The number of benzene rings is 3. The van der Waals surface area contributed by atoms with Gasteiger partial charge in [-0.1, -0.05) is 72.8 Å². The van der Waals surface area contributed by atoms with Crippen molar-refractivity contribution in [2.24, 2.45) is 0 Å². The van der Waals surface area contributed by atoms with E-state index in [0.717, 1.165) is 11.1 Å². The second-order valence-corrected chi connectivity index (χ2v) is 5.83. The first-order chi connectivity index (χ1) is 13.2. The van der Waals surface area contributed by atoms with Crippen molar-refractivity contribution in [2.45, 2.75) is 0 Å². The number of hydrogen-bond donors (Lipinski definition) is 1. The monoisotopic (exact) mass is 357 g/mol. The number of methoxy groups -OCH3 is 1. The Labute approximate surface area is 158 Å². The molecule has 3 aromatic carbocycles. The van der Waals surface area contributed by atoms with Gasteiger partial charge in [-0.25, -0.2) is 4.79 Å². The van der Waals surface area contributed by atoms with E-state index in [1.165, 1.54) is 7.11 Å². The Morgan fingerprint density at radius 3 is 2.07 bits per heavy atom. The molecule has 4 heteroatoms. The maximum absolute atomic E-state index is 13.0. The number of nitrogens with one attached hydrogen (secondary N) is 1. The Bertz CT molecular complexity index is 963. The summed E-state index contributed by atoms with van der Waals surface area (Å²) in [5.74, 6) is -0.805. The molecule has 0 heterocycles. The fourth-order valence-corrected chi connectivity index (χ4v) is 2.68. The molecule has 3 aromatic rings. The zero-order chi connectivity index (χ0) is 19.1. The Morgan fingerprint density at radius 2 is 1.41 bits per heavy atom. The van der Waals surface area contributed by atoms with Crippen LogP contribution < -0.4 is 5.32 Å². The molecule has 134 valence electrons. The van der Waals surface area contributed by atoms with Gasteiger partial charge in [0.25, 0.3) is 5.91 Å². The minimum absolute atomic E-state index is 0.304. The Hall–Kier alpha value is -3.66. The van der Waals surface area contributed by atoms with Gasteiger partial charge in [0.2, 0.25) is 0 Å². The standard InChI is InChI=1S/C23H19NO3/c1-27-23(26)19-14-8-9-15-21(19)24-22(25)20(18-12-6-3-7-13-18)16-17-10-4-2-5-11-17/h2-16H,1H3,(H,24,25). The summed E-state index contributed by atoms with van der Waals surface area (Å²) in [5.41, 5.74) is 2.91. The Balaban J connectivity index is 1.98. The molecule has 0 aliphatic carbocycles. The van der Waals surface area contributed by atoms with Crippen LogP contribution in [-0.2, 0) is 9.53 Å². The van der Waals surface area contributed by atoms with E-state index in [0.29, 0.717) is 16.8 Å². The van der Waals surface area contributed by atoms with Crippen molar-refractivity contribution in [1.82, 2.24) is 0 Å². The zero-order valence-corrected chi connectivity index (χ0v) is 14.9. The molecule has 0 spiro atoms. The highest BCUT2D eigenvalue weighted by molar-refractivity contribution is 6.29. The molecule has 0 unspecified atom stereocenters. The molecular formula is C23H19NO3. The van der Waals surface area contributed by atoms with E-state index in [4.69, 9.17) is 4.74 Å². The predicted octanol–water partition coefficient (Wildman–Crippen LogP) is 4.65. The van der Waals surface area contributed by atoms with Gasteiger partial charge in [0, 0.05) is 5.57 Å². The number of anilines is 1. The minimum atomic E-state index is -0.501. The van der Waals surface area contributed by atoms with Crippen LogP contribution in [0.4, 0.5) is 5.69 Å². The Morgan fingerprint density at radius 1 is 0.815 bits per heavy atom. The normalized spacial score (nSPS) is 10.9. The SMILES string of the molecule is COC(=O)c1ccccc1NC(=O)C(=Cc1ccccc1)c1ccccc1. The first-order valence-electron chi connectivity index (χ1n) is 8.50. The number of ether oxygens (including phenoxy) is 1. The second kappa shape index (κ2) is 8.63. The van der Waals surface area contributed by atoms with Gasteiger partial charge in [0.15, 0.2) is 0 Å². The van der Waals surface area contributed by atoms with Crippen molar-refractivity contribution < 1.29 is 14.3 Å². The number of hydrogen-bond acceptors (Lipinski definition) is 3. The van der Waals surface area contributed by atoms with Gasteiger partial charge in [0.05, 0.1) is 18.4 Å². The molecule has 27 heavy (non-hydrogen) atoms. The molecule has 4 nitrogen and oxygen atoms in total. The van der Waals surface area contributed by atoms with Crippen molar-refractivity contribution in [3.8, 4) is 0 Å².